The summed E-state index contributed by atoms with van der Waals surface area (Å²) in [6.45, 7) is 8.51. The molecule has 0 bridgehead atoms. The number of aromatic nitrogens is 2. The van der Waals surface area contributed by atoms with E-state index in [1.54, 1.807) is 0 Å². The molecule has 0 aliphatic carbocycles. The number of aryl methyl sites for hydroxylation is 2. The highest BCUT2D eigenvalue weighted by Gasteiger charge is 2.32. The largest absolute Gasteiger partial charge is 0.389 e. The lowest BCUT2D eigenvalue weighted by atomic mass is 9.89. The first kappa shape index (κ1) is 16.0. The molecule has 1 aliphatic heterocycles. The van der Waals surface area contributed by atoms with E-state index in [1.165, 1.54) is 0 Å². The first-order chi connectivity index (χ1) is 9.32. The molecule has 1 aromatic rings. The van der Waals surface area contributed by atoms with E-state index >= 15 is 0 Å². The average molecular weight is 344 g/mol. The van der Waals surface area contributed by atoms with E-state index in [0.29, 0.717) is 12.5 Å². The first-order valence-corrected chi connectivity index (χ1v) is 8.26. The van der Waals surface area contributed by atoms with Crippen molar-refractivity contribution < 1.29 is 5.11 Å². The van der Waals surface area contributed by atoms with Crippen molar-refractivity contribution in [1.29, 1.82) is 0 Å². The zero-order chi connectivity index (χ0) is 14.9. The Kier molecular flexibility index (Phi) is 4.92. The topological polar surface area (TPSA) is 41.3 Å². The van der Waals surface area contributed by atoms with Crippen LogP contribution in [0.3, 0.4) is 0 Å². The van der Waals surface area contributed by atoms with Crippen LogP contribution in [0.2, 0.25) is 0 Å². The average Bonchev–Trinajstić information content (AvgIpc) is 2.56. The highest BCUT2D eigenvalue weighted by atomic mass is 79.9. The van der Waals surface area contributed by atoms with Crippen LogP contribution in [0.5, 0.6) is 0 Å². The van der Waals surface area contributed by atoms with Gasteiger partial charge in [-0.15, -0.1) is 0 Å². The van der Waals surface area contributed by atoms with Crippen molar-refractivity contribution in [3.8, 4) is 0 Å². The normalized spacial score (nSPS) is 25.1. The van der Waals surface area contributed by atoms with E-state index in [-0.39, 0.29) is 0 Å². The summed E-state index contributed by atoms with van der Waals surface area (Å²) >= 11 is 3.60. The standard InChI is InChI=1S/C15H26BrN3O/c1-11(2)19-8-5-6-15(20,7-9-19)10-13-14(16)12(3)17-18(13)4/h11,20H,5-10H2,1-4H3. The van der Waals surface area contributed by atoms with Crippen LogP contribution in [0.4, 0.5) is 0 Å². The molecule has 1 unspecified atom stereocenters. The number of hydrogen-bond acceptors (Lipinski definition) is 3. The third-order valence-corrected chi connectivity index (χ3v) is 5.47. The zero-order valence-electron chi connectivity index (χ0n) is 13.0. The fourth-order valence-corrected chi connectivity index (χ4v) is 3.55. The number of aliphatic hydroxyl groups is 1. The Balaban J connectivity index is 2.11. The minimum absolute atomic E-state index is 0.558. The van der Waals surface area contributed by atoms with Gasteiger partial charge in [-0.05, 0) is 62.5 Å². The third kappa shape index (κ3) is 3.43. The lowest BCUT2D eigenvalue weighted by Crippen LogP contribution is -2.36. The molecule has 1 atom stereocenters. The molecule has 0 saturated carbocycles. The van der Waals surface area contributed by atoms with Crippen LogP contribution >= 0.6 is 15.9 Å². The second kappa shape index (κ2) is 6.16. The summed E-state index contributed by atoms with van der Waals surface area (Å²) in [5.74, 6) is 0. The minimum Gasteiger partial charge on any atom is -0.389 e. The van der Waals surface area contributed by atoms with E-state index in [1.807, 2.05) is 18.7 Å². The van der Waals surface area contributed by atoms with Gasteiger partial charge >= 0.3 is 0 Å². The fourth-order valence-electron chi connectivity index (χ4n) is 3.08. The molecule has 1 aliphatic rings. The van der Waals surface area contributed by atoms with Gasteiger partial charge in [0.05, 0.1) is 21.5 Å². The molecule has 0 radical (unpaired) electrons. The number of rotatable bonds is 3. The van der Waals surface area contributed by atoms with Gasteiger partial charge in [0, 0.05) is 26.1 Å². The predicted octanol–water partition coefficient (Wildman–Crippen LogP) is 2.66. The summed E-state index contributed by atoms with van der Waals surface area (Å²) in [5, 5.41) is 15.4. The maximum Gasteiger partial charge on any atom is 0.0738 e. The van der Waals surface area contributed by atoms with Gasteiger partial charge in [-0.1, -0.05) is 0 Å². The number of likely N-dealkylation sites (tertiary alicyclic amines) is 1. The maximum atomic E-state index is 11.0. The van der Waals surface area contributed by atoms with Crippen molar-refractivity contribution in [3.05, 3.63) is 15.9 Å². The van der Waals surface area contributed by atoms with Crippen LogP contribution in [0.25, 0.3) is 0 Å². The molecule has 114 valence electrons. The molecule has 1 fully saturated rings. The van der Waals surface area contributed by atoms with Gasteiger partial charge in [0.1, 0.15) is 0 Å². The Morgan fingerprint density at radius 3 is 2.60 bits per heavy atom. The van der Waals surface area contributed by atoms with Gasteiger partial charge in [-0.25, -0.2) is 0 Å². The predicted molar refractivity (Wildman–Crippen MR) is 84.9 cm³/mol. The Bertz CT molecular complexity index is 472. The first-order valence-electron chi connectivity index (χ1n) is 7.47. The van der Waals surface area contributed by atoms with Crippen molar-refractivity contribution in [1.82, 2.24) is 14.7 Å². The number of hydrogen-bond donors (Lipinski definition) is 1. The lowest BCUT2D eigenvalue weighted by Gasteiger charge is -2.28. The lowest BCUT2D eigenvalue weighted by molar-refractivity contribution is 0.0230. The van der Waals surface area contributed by atoms with Crippen LogP contribution in [0.1, 0.15) is 44.5 Å². The molecule has 0 aromatic carbocycles. The summed E-state index contributed by atoms with van der Waals surface area (Å²) in [7, 11) is 1.95. The van der Waals surface area contributed by atoms with E-state index in [2.05, 4.69) is 39.8 Å². The second-order valence-electron chi connectivity index (χ2n) is 6.35. The smallest absolute Gasteiger partial charge is 0.0738 e. The molecule has 1 saturated heterocycles. The monoisotopic (exact) mass is 343 g/mol. The molecular formula is C15H26BrN3O. The van der Waals surface area contributed by atoms with Crippen LogP contribution in [0.15, 0.2) is 4.47 Å². The van der Waals surface area contributed by atoms with Gasteiger partial charge in [-0.3, -0.25) is 4.68 Å². The molecule has 5 heteroatoms. The molecule has 4 nitrogen and oxygen atoms in total. The third-order valence-electron chi connectivity index (χ3n) is 4.44. The van der Waals surface area contributed by atoms with Crippen LogP contribution in [-0.4, -0.2) is 44.5 Å². The minimum atomic E-state index is -0.605. The van der Waals surface area contributed by atoms with Crippen molar-refractivity contribution in [3.63, 3.8) is 0 Å². The molecule has 1 N–H and O–H groups in total. The van der Waals surface area contributed by atoms with Crippen LogP contribution in [-0.2, 0) is 13.5 Å². The van der Waals surface area contributed by atoms with Crippen molar-refractivity contribution >= 4 is 15.9 Å². The van der Waals surface area contributed by atoms with Gasteiger partial charge in [0.2, 0.25) is 0 Å². The Labute approximate surface area is 130 Å². The number of halogens is 1. The molecule has 2 rings (SSSR count). The summed E-state index contributed by atoms with van der Waals surface area (Å²) in [6, 6.07) is 0.558. The van der Waals surface area contributed by atoms with Crippen molar-refractivity contribution in [2.24, 2.45) is 7.05 Å². The van der Waals surface area contributed by atoms with E-state index in [4.69, 9.17) is 0 Å². The maximum absolute atomic E-state index is 11.0. The summed E-state index contributed by atoms with van der Waals surface area (Å²) in [5.41, 5.74) is 1.48. The van der Waals surface area contributed by atoms with E-state index in [9.17, 15) is 5.11 Å². The van der Waals surface area contributed by atoms with Gasteiger partial charge in [0.15, 0.2) is 0 Å². The fraction of sp³-hybridized carbons (Fsp3) is 0.800. The second-order valence-corrected chi connectivity index (χ2v) is 7.15. The molecular weight excluding hydrogens is 318 g/mol. The zero-order valence-corrected chi connectivity index (χ0v) is 14.6. The SMILES string of the molecule is Cc1nn(C)c(CC2(O)CCCN(C(C)C)CC2)c1Br. The molecule has 2 heterocycles. The highest BCUT2D eigenvalue weighted by molar-refractivity contribution is 9.10. The summed E-state index contributed by atoms with van der Waals surface area (Å²) in [6.07, 6.45) is 3.44. The summed E-state index contributed by atoms with van der Waals surface area (Å²) in [4.78, 5) is 2.46. The summed E-state index contributed by atoms with van der Waals surface area (Å²) < 4.78 is 2.93. The van der Waals surface area contributed by atoms with E-state index < -0.39 is 5.60 Å². The van der Waals surface area contributed by atoms with Gasteiger partial charge < -0.3 is 10.0 Å². The Morgan fingerprint density at radius 2 is 2.05 bits per heavy atom. The van der Waals surface area contributed by atoms with E-state index in [0.717, 1.165) is 48.2 Å². The van der Waals surface area contributed by atoms with Gasteiger partial charge in [-0.2, -0.15) is 5.10 Å². The highest BCUT2D eigenvalue weighted by Crippen LogP contribution is 2.30. The molecule has 0 spiro atoms. The van der Waals surface area contributed by atoms with Crippen molar-refractivity contribution in [2.75, 3.05) is 13.1 Å². The molecule has 1 aromatic heterocycles. The van der Waals surface area contributed by atoms with Crippen LogP contribution in [0, 0.1) is 6.92 Å². The van der Waals surface area contributed by atoms with Crippen LogP contribution < -0.4 is 0 Å². The van der Waals surface area contributed by atoms with Crippen molar-refractivity contribution in [2.45, 2.75) is 58.1 Å². The quantitative estimate of drug-likeness (QED) is 0.917. The molecule has 0 amide bonds. The van der Waals surface area contributed by atoms with Gasteiger partial charge in [0.25, 0.3) is 0 Å². The molecule has 20 heavy (non-hydrogen) atoms. The Hall–Kier alpha value is -0.390. The Morgan fingerprint density at radius 1 is 1.35 bits per heavy atom. The number of nitrogens with zero attached hydrogens (tertiary/aromatic N) is 3.